The molecular weight excluding hydrogens is 462 g/mol. The van der Waals surface area contributed by atoms with E-state index in [0.29, 0.717) is 5.58 Å². The summed E-state index contributed by atoms with van der Waals surface area (Å²) in [5, 5.41) is 11.9. The molecule has 0 saturated carbocycles. The average Bonchev–Trinajstić information content (AvgIpc) is 3.40. The van der Waals surface area contributed by atoms with Gasteiger partial charge in [0.15, 0.2) is 11.5 Å². The number of benzene rings is 3. The fourth-order valence-corrected chi connectivity index (χ4v) is 4.94. The smallest absolute Gasteiger partial charge is 0.290 e. The van der Waals surface area contributed by atoms with Gasteiger partial charge in [0.1, 0.15) is 5.58 Å². The third kappa shape index (κ3) is 4.46. The first kappa shape index (κ1) is 24.6. The van der Waals surface area contributed by atoms with Crippen molar-refractivity contribution < 1.29 is 19.1 Å². The highest BCUT2D eigenvalue weighted by Gasteiger charge is 2.44. The van der Waals surface area contributed by atoms with Crippen LogP contribution >= 0.6 is 0 Å². The van der Waals surface area contributed by atoms with Crippen molar-refractivity contribution >= 4 is 22.7 Å². The van der Waals surface area contributed by atoms with Crippen LogP contribution < -0.4 is 0 Å². The van der Waals surface area contributed by atoms with Crippen LogP contribution in [0.3, 0.4) is 0 Å². The standard InChI is InChI=1S/C32H31NO4/c1-19-10-11-20(2)23(16-19)18-33-28(21-12-14-24(15-13-21)32(3,4)5)27(30(35)31(33)36)29(34)26-17-22-8-6-7-9-25(22)37-26/h6-17,28,35H,18H2,1-5H3. The predicted octanol–water partition coefficient (Wildman–Crippen LogP) is 7.13. The number of aliphatic hydroxyl groups excluding tert-OH is 1. The van der Waals surface area contributed by atoms with Gasteiger partial charge in [-0.25, -0.2) is 0 Å². The number of para-hydroxylation sites is 1. The normalized spacial score (nSPS) is 16.2. The molecule has 3 aromatic carbocycles. The summed E-state index contributed by atoms with van der Waals surface area (Å²) in [5.74, 6) is -1.48. The van der Waals surface area contributed by atoms with Gasteiger partial charge >= 0.3 is 0 Å². The molecule has 5 heteroatoms. The van der Waals surface area contributed by atoms with Gasteiger partial charge in [-0.15, -0.1) is 0 Å². The highest BCUT2D eigenvalue weighted by Crippen LogP contribution is 2.41. The Kier molecular flexibility index (Phi) is 6.03. The van der Waals surface area contributed by atoms with Crippen LogP contribution in [0.1, 0.15) is 65.2 Å². The van der Waals surface area contributed by atoms with E-state index in [-0.39, 0.29) is 23.3 Å². The lowest BCUT2D eigenvalue weighted by molar-refractivity contribution is -0.130. The van der Waals surface area contributed by atoms with Crippen LogP contribution in [0.25, 0.3) is 11.0 Å². The van der Waals surface area contributed by atoms with Gasteiger partial charge in [-0.3, -0.25) is 9.59 Å². The van der Waals surface area contributed by atoms with Gasteiger partial charge < -0.3 is 14.4 Å². The van der Waals surface area contributed by atoms with Crippen LogP contribution in [0.2, 0.25) is 0 Å². The first-order valence-corrected chi connectivity index (χ1v) is 12.5. The van der Waals surface area contributed by atoms with E-state index in [4.69, 9.17) is 4.42 Å². The molecule has 1 amide bonds. The number of Topliss-reactive ketones (excluding diaryl/α,β-unsaturated/α-hetero) is 1. The van der Waals surface area contributed by atoms with Crippen LogP contribution in [0.15, 0.2) is 88.5 Å². The molecule has 1 aliphatic rings. The van der Waals surface area contributed by atoms with Crippen molar-refractivity contribution in [2.75, 3.05) is 0 Å². The third-order valence-corrected chi connectivity index (χ3v) is 7.14. The van der Waals surface area contributed by atoms with E-state index < -0.39 is 23.5 Å². The number of amides is 1. The summed E-state index contributed by atoms with van der Waals surface area (Å²) in [7, 11) is 0. The number of aryl methyl sites for hydroxylation is 2. The van der Waals surface area contributed by atoms with Gasteiger partial charge in [0, 0.05) is 11.9 Å². The van der Waals surface area contributed by atoms with Gasteiger partial charge in [0.25, 0.3) is 5.91 Å². The molecular formula is C32H31NO4. The lowest BCUT2D eigenvalue weighted by atomic mass is 9.85. The number of hydrogen-bond acceptors (Lipinski definition) is 4. The zero-order valence-electron chi connectivity index (χ0n) is 21.8. The fourth-order valence-electron chi connectivity index (χ4n) is 4.94. The lowest BCUT2D eigenvalue weighted by Gasteiger charge is -2.28. The Hall–Kier alpha value is -4.12. The molecule has 1 aliphatic heterocycles. The summed E-state index contributed by atoms with van der Waals surface area (Å²) in [6.07, 6.45) is 0. The predicted molar refractivity (Wildman–Crippen MR) is 145 cm³/mol. The molecule has 0 radical (unpaired) electrons. The third-order valence-electron chi connectivity index (χ3n) is 7.14. The molecule has 0 spiro atoms. The number of fused-ring (bicyclic) bond motifs is 1. The minimum absolute atomic E-state index is 0.0397. The van der Waals surface area contributed by atoms with Crippen LogP contribution in [-0.2, 0) is 16.8 Å². The van der Waals surface area contributed by atoms with Crippen molar-refractivity contribution in [2.45, 2.75) is 52.6 Å². The monoisotopic (exact) mass is 493 g/mol. The second-order valence-corrected chi connectivity index (χ2v) is 10.9. The molecule has 0 bridgehead atoms. The Labute approximate surface area is 217 Å². The fraction of sp³-hybridized carbons (Fsp3) is 0.250. The zero-order chi connectivity index (χ0) is 26.5. The SMILES string of the molecule is Cc1ccc(C)c(CN2C(=O)C(O)=C(C(=O)c3cc4ccccc4o3)C2c2ccc(C(C)(C)C)cc2)c1. The topological polar surface area (TPSA) is 70.8 Å². The molecule has 0 saturated heterocycles. The molecule has 5 nitrogen and oxygen atoms in total. The quantitative estimate of drug-likeness (QED) is 0.300. The molecule has 1 N–H and O–H groups in total. The van der Waals surface area contributed by atoms with Crippen molar-refractivity contribution in [3.05, 3.63) is 118 Å². The van der Waals surface area contributed by atoms with Gasteiger partial charge in [-0.2, -0.15) is 0 Å². The summed E-state index contributed by atoms with van der Waals surface area (Å²) in [6, 6.07) is 22.3. The number of furan rings is 1. The molecule has 37 heavy (non-hydrogen) atoms. The van der Waals surface area contributed by atoms with Crippen molar-refractivity contribution in [3.8, 4) is 0 Å². The summed E-state index contributed by atoms with van der Waals surface area (Å²) >= 11 is 0. The summed E-state index contributed by atoms with van der Waals surface area (Å²) < 4.78 is 5.84. The van der Waals surface area contributed by atoms with E-state index in [9.17, 15) is 14.7 Å². The summed E-state index contributed by atoms with van der Waals surface area (Å²) in [4.78, 5) is 28.9. The maximum atomic E-state index is 13.8. The second kappa shape index (κ2) is 9.07. The average molecular weight is 494 g/mol. The van der Waals surface area contributed by atoms with Gasteiger partial charge in [-0.1, -0.05) is 87.0 Å². The van der Waals surface area contributed by atoms with Crippen LogP contribution in [0.5, 0.6) is 0 Å². The molecule has 2 heterocycles. The van der Waals surface area contributed by atoms with E-state index >= 15 is 0 Å². The minimum atomic E-state index is -0.748. The second-order valence-electron chi connectivity index (χ2n) is 10.9. The molecule has 4 aromatic rings. The molecule has 0 aliphatic carbocycles. The lowest BCUT2D eigenvalue weighted by Crippen LogP contribution is -2.31. The Bertz CT molecular complexity index is 1520. The molecule has 0 fully saturated rings. The maximum Gasteiger partial charge on any atom is 0.290 e. The van der Waals surface area contributed by atoms with Gasteiger partial charge in [0.05, 0.1) is 11.6 Å². The van der Waals surface area contributed by atoms with E-state index in [0.717, 1.165) is 33.2 Å². The number of ketones is 1. The van der Waals surface area contributed by atoms with Crippen molar-refractivity contribution in [1.82, 2.24) is 4.90 Å². The number of hydrogen-bond donors (Lipinski definition) is 1. The number of nitrogens with zero attached hydrogens (tertiary/aromatic N) is 1. The van der Waals surface area contributed by atoms with Crippen LogP contribution in [-0.4, -0.2) is 21.7 Å². The summed E-state index contributed by atoms with van der Waals surface area (Å²) in [5.41, 5.74) is 5.55. The van der Waals surface area contributed by atoms with Crippen LogP contribution in [0, 0.1) is 13.8 Å². The number of carbonyl (C=O) groups excluding carboxylic acids is 2. The largest absolute Gasteiger partial charge is 0.503 e. The number of rotatable bonds is 5. The Balaban J connectivity index is 1.61. The first-order chi connectivity index (χ1) is 17.5. The Morgan fingerprint density at radius 2 is 1.68 bits per heavy atom. The molecule has 1 aromatic heterocycles. The van der Waals surface area contributed by atoms with Crippen LogP contribution in [0.4, 0.5) is 0 Å². The van der Waals surface area contributed by atoms with Crippen molar-refractivity contribution in [3.63, 3.8) is 0 Å². The Morgan fingerprint density at radius 3 is 2.35 bits per heavy atom. The number of aliphatic hydroxyl groups is 1. The highest BCUT2D eigenvalue weighted by atomic mass is 16.3. The van der Waals surface area contributed by atoms with E-state index in [1.54, 1.807) is 17.0 Å². The molecule has 5 rings (SSSR count). The summed E-state index contributed by atoms with van der Waals surface area (Å²) in [6.45, 7) is 10.7. The van der Waals surface area contributed by atoms with E-state index in [1.165, 1.54) is 0 Å². The van der Waals surface area contributed by atoms with Gasteiger partial charge in [0.2, 0.25) is 5.78 Å². The first-order valence-electron chi connectivity index (χ1n) is 12.5. The minimum Gasteiger partial charge on any atom is -0.503 e. The Morgan fingerprint density at radius 1 is 0.973 bits per heavy atom. The highest BCUT2D eigenvalue weighted by molar-refractivity contribution is 6.16. The number of carbonyl (C=O) groups is 2. The van der Waals surface area contributed by atoms with Gasteiger partial charge in [-0.05, 0) is 53.6 Å². The molecule has 188 valence electrons. The van der Waals surface area contributed by atoms with Crippen molar-refractivity contribution in [1.29, 1.82) is 0 Å². The molecule has 1 atom stereocenters. The van der Waals surface area contributed by atoms with Crippen molar-refractivity contribution in [2.24, 2.45) is 0 Å². The maximum absolute atomic E-state index is 13.8. The zero-order valence-corrected chi connectivity index (χ0v) is 21.8. The molecule has 1 unspecified atom stereocenters. The van der Waals surface area contributed by atoms with E-state index in [2.05, 4.69) is 20.8 Å². The van der Waals surface area contributed by atoms with E-state index in [1.807, 2.05) is 74.5 Å².